The minimum atomic E-state index is -0.718. The third-order valence-electron chi connectivity index (χ3n) is 3.65. The highest BCUT2D eigenvalue weighted by Gasteiger charge is 2.14. The van der Waals surface area contributed by atoms with Gasteiger partial charge in [0.2, 0.25) is 0 Å². The molecule has 0 aliphatic rings. The summed E-state index contributed by atoms with van der Waals surface area (Å²) in [5.41, 5.74) is 2.48. The first kappa shape index (κ1) is 19.0. The summed E-state index contributed by atoms with van der Waals surface area (Å²) in [7, 11) is 0. The molecule has 1 aromatic heterocycles. The molecule has 0 unspecified atom stereocenters. The second-order valence-corrected chi connectivity index (χ2v) is 6.91. The first-order chi connectivity index (χ1) is 12.9. The summed E-state index contributed by atoms with van der Waals surface area (Å²) in [6, 6.07) is 13.4. The van der Waals surface area contributed by atoms with Crippen LogP contribution in [-0.4, -0.2) is 21.9 Å². The maximum atomic E-state index is 12.1. The zero-order valence-electron chi connectivity index (χ0n) is 14.2. The molecule has 0 fully saturated rings. The molecule has 27 heavy (non-hydrogen) atoms. The lowest BCUT2D eigenvalue weighted by atomic mass is 10.1. The molecule has 2 aromatic carbocycles. The average Bonchev–Trinajstić information content (AvgIpc) is 2.63. The van der Waals surface area contributed by atoms with Crippen molar-refractivity contribution in [2.45, 2.75) is 6.92 Å². The number of imide groups is 1. The predicted molar refractivity (Wildman–Crippen MR) is 108 cm³/mol. The first-order valence-electron chi connectivity index (χ1n) is 7.90. The van der Waals surface area contributed by atoms with E-state index in [2.05, 4.69) is 36.5 Å². The van der Waals surface area contributed by atoms with Gasteiger partial charge in [0.15, 0.2) is 5.82 Å². The number of nitrogens with one attached hydrogen (secondary N) is 2. The van der Waals surface area contributed by atoms with Gasteiger partial charge >= 0.3 is 6.03 Å². The van der Waals surface area contributed by atoms with E-state index in [0.29, 0.717) is 11.4 Å². The number of carbonyl (C=O) groups is 2. The van der Waals surface area contributed by atoms with Crippen LogP contribution in [0, 0.1) is 6.92 Å². The molecule has 3 amide bonds. The summed E-state index contributed by atoms with van der Waals surface area (Å²) >= 11 is 9.34. The van der Waals surface area contributed by atoms with Gasteiger partial charge in [0.25, 0.3) is 5.91 Å². The highest BCUT2D eigenvalue weighted by atomic mass is 79.9. The Balaban J connectivity index is 1.69. The second kappa shape index (κ2) is 8.28. The summed E-state index contributed by atoms with van der Waals surface area (Å²) < 4.78 is 0.968. The van der Waals surface area contributed by atoms with Crippen molar-refractivity contribution in [3.05, 3.63) is 75.5 Å². The Kier molecular flexibility index (Phi) is 5.83. The Labute approximate surface area is 169 Å². The van der Waals surface area contributed by atoms with Gasteiger partial charge in [-0.25, -0.2) is 9.78 Å². The quantitative estimate of drug-likeness (QED) is 0.605. The van der Waals surface area contributed by atoms with E-state index in [9.17, 15) is 9.59 Å². The van der Waals surface area contributed by atoms with E-state index < -0.39 is 11.9 Å². The molecule has 0 bridgehead atoms. The van der Waals surface area contributed by atoms with Crippen LogP contribution in [0.1, 0.15) is 16.1 Å². The van der Waals surface area contributed by atoms with Crippen LogP contribution < -0.4 is 10.6 Å². The summed E-state index contributed by atoms with van der Waals surface area (Å²) in [6.45, 7) is 1.79. The fraction of sp³-hybridized carbons (Fsp3) is 0.0526. The van der Waals surface area contributed by atoms with Gasteiger partial charge in [-0.3, -0.25) is 20.4 Å². The molecule has 2 N–H and O–H groups in total. The zero-order chi connectivity index (χ0) is 19.4. The number of anilines is 1. The zero-order valence-corrected chi connectivity index (χ0v) is 16.5. The summed E-state index contributed by atoms with van der Waals surface area (Å²) in [4.78, 5) is 32.8. The minimum Gasteiger partial charge on any atom is -0.291 e. The molecule has 0 saturated heterocycles. The van der Waals surface area contributed by atoms with Crippen LogP contribution >= 0.6 is 27.5 Å². The number of rotatable bonds is 3. The normalized spacial score (nSPS) is 10.3. The van der Waals surface area contributed by atoms with Crippen LogP contribution in [-0.2, 0) is 0 Å². The molecule has 0 atom stereocenters. The highest BCUT2D eigenvalue weighted by molar-refractivity contribution is 9.10. The van der Waals surface area contributed by atoms with Gasteiger partial charge in [-0.15, -0.1) is 0 Å². The molecule has 136 valence electrons. The molecule has 0 aliphatic carbocycles. The largest absolute Gasteiger partial charge is 0.327 e. The molecule has 0 aliphatic heterocycles. The SMILES string of the molecule is Cc1nc(NC(=O)NC(=O)c2ccccc2Cl)cnc1-c1ccc(Br)cc1. The van der Waals surface area contributed by atoms with Crippen molar-refractivity contribution in [3.63, 3.8) is 0 Å². The Bertz CT molecular complexity index is 1010. The molecule has 8 heteroatoms. The second-order valence-electron chi connectivity index (χ2n) is 5.58. The van der Waals surface area contributed by atoms with Crippen LogP contribution in [0.4, 0.5) is 10.6 Å². The molecule has 0 spiro atoms. The average molecular weight is 446 g/mol. The van der Waals surface area contributed by atoms with Crippen LogP contribution in [0.2, 0.25) is 5.02 Å². The number of hydrogen-bond donors (Lipinski definition) is 2. The van der Waals surface area contributed by atoms with Gasteiger partial charge in [-0.1, -0.05) is 51.8 Å². The van der Waals surface area contributed by atoms with Gasteiger partial charge in [0.1, 0.15) is 0 Å². The molecule has 3 aromatic rings. The third-order valence-corrected chi connectivity index (χ3v) is 4.51. The molecular formula is C19H14BrClN4O2. The van der Waals surface area contributed by atoms with E-state index in [-0.39, 0.29) is 16.4 Å². The number of aromatic nitrogens is 2. The number of halogens is 2. The van der Waals surface area contributed by atoms with Crippen molar-refractivity contribution < 1.29 is 9.59 Å². The highest BCUT2D eigenvalue weighted by Crippen LogP contribution is 2.23. The molecule has 0 radical (unpaired) electrons. The van der Waals surface area contributed by atoms with Crippen molar-refractivity contribution in [2.75, 3.05) is 5.32 Å². The van der Waals surface area contributed by atoms with E-state index in [1.165, 1.54) is 12.3 Å². The Hall–Kier alpha value is -2.77. The van der Waals surface area contributed by atoms with Crippen LogP contribution in [0.25, 0.3) is 11.3 Å². The van der Waals surface area contributed by atoms with Crippen molar-refractivity contribution >= 4 is 45.3 Å². The van der Waals surface area contributed by atoms with Crippen molar-refractivity contribution in [3.8, 4) is 11.3 Å². The fourth-order valence-electron chi connectivity index (χ4n) is 2.40. The number of hydrogen-bond acceptors (Lipinski definition) is 4. The topological polar surface area (TPSA) is 84.0 Å². The monoisotopic (exact) mass is 444 g/mol. The lowest BCUT2D eigenvalue weighted by Gasteiger charge is -2.09. The van der Waals surface area contributed by atoms with E-state index >= 15 is 0 Å². The van der Waals surface area contributed by atoms with E-state index in [4.69, 9.17) is 11.6 Å². The number of urea groups is 1. The van der Waals surface area contributed by atoms with Gasteiger partial charge in [-0.05, 0) is 31.2 Å². The number of aryl methyl sites for hydroxylation is 1. The van der Waals surface area contributed by atoms with E-state index in [1.54, 1.807) is 25.1 Å². The summed E-state index contributed by atoms with van der Waals surface area (Å²) in [5.74, 6) is -0.368. The third kappa shape index (κ3) is 4.69. The van der Waals surface area contributed by atoms with E-state index in [0.717, 1.165) is 10.0 Å². The van der Waals surface area contributed by atoms with Gasteiger partial charge in [0, 0.05) is 10.0 Å². The number of nitrogens with zero attached hydrogens (tertiary/aromatic N) is 2. The number of carbonyl (C=O) groups excluding carboxylic acids is 2. The lowest BCUT2D eigenvalue weighted by Crippen LogP contribution is -2.34. The molecular weight excluding hydrogens is 432 g/mol. The van der Waals surface area contributed by atoms with Gasteiger partial charge in [0.05, 0.1) is 28.2 Å². The molecule has 0 saturated carbocycles. The van der Waals surface area contributed by atoms with Crippen LogP contribution in [0.3, 0.4) is 0 Å². The van der Waals surface area contributed by atoms with Gasteiger partial charge < -0.3 is 0 Å². The Morgan fingerprint density at radius 1 is 1.07 bits per heavy atom. The Morgan fingerprint density at radius 2 is 1.78 bits per heavy atom. The van der Waals surface area contributed by atoms with Gasteiger partial charge in [-0.2, -0.15) is 0 Å². The summed E-state index contributed by atoms with van der Waals surface area (Å²) in [5, 5.41) is 4.97. The maximum Gasteiger partial charge on any atom is 0.327 e. The van der Waals surface area contributed by atoms with Crippen molar-refractivity contribution in [1.29, 1.82) is 0 Å². The van der Waals surface area contributed by atoms with Crippen molar-refractivity contribution in [1.82, 2.24) is 15.3 Å². The first-order valence-corrected chi connectivity index (χ1v) is 9.07. The fourth-order valence-corrected chi connectivity index (χ4v) is 2.88. The molecule has 6 nitrogen and oxygen atoms in total. The Morgan fingerprint density at radius 3 is 2.44 bits per heavy atom. The maximum absolute atomic E-state index is 12.1. The number of benzene rings is 2. The standard InChI is InChI=1S/C19H14BrClN4O2/c1-11-17(12-6-8-13(20)9-7-12)22-10-16(23-11)24-19(27)25-18(26)14-4-2-3-5-15(14)21/h2-10H,1H3,(H2,23,24,25,26,27). The van der Waals surface area contributed by atoms with Crippen molar-refractivity contribution in [2.24, 2.45) is 0 Å². The van der Waals surface area contributed by atoms with Crippen LogP contribution in [0.15, 0.2) is 59.2 Å². The lowest BCUT2D eigenvalue weighted by molar-refractivity contribution is 0.0967. The van der Waals surface area contributed by atoms with Crippen LogP contribution in [0.5, 0.6) is 0 Å². The molecule has 1 heterocycles. The number of amides is 3. The molecule has 3 rings (SSSR count). The minimum absolute atomic E-state index is 0.210. The summed E-state index contributed by atoms with van der Waals surface area (Å²) in [6.07, 6.45) is 1.43. The predicted octanol–water partition coefficient (Wildman–Crippen LogP) is 4.83. The van der Waals surface area contributed by atoms with E-state index in [1.807, 2.05) is 24.3 Å². The smallest absolute Gasteiger partial charge is 0.291 e.